The Morgan fingerprint density at radius 2 is 2.00 bits per heavy atom. The van der Waals surface area contributed by atoms with Gasteiger partial charge in [0.15, 0.2) is 0 Å². The Balaban J connectivity index is 2.21. The maximum atomic E-state index is 11.0. The molecule has 2 rings (SSSR count). The van der Waals surface area contributed by atoms with Crippen molar-refractivity contribution in [2.24, 2.45) is 0 Å². The van der Waals surface area contributed by atoms with E-state index >= 15 is 0 Å². The molecule has 1 saturated heterocycles. The maximum Gasteiger partial charge on any atom is 0.221 e. The summed E-state index contributed by atoms with van der Waals surface area (Å²) >= 11 is 0. The summed E-state index contributed by atoms with van der Waals surface area (Å²) in [7, 11) is 0. The lowest BCUT2D eigenvalue weighted by Gasteiger charge is -2.30. The molecule has 0 bridgehead atoms. The molecule has 17 heavy (non-hydrogen) atoms. The number of carbonyl (C=O) groups excluding carboxylic acids is 1. The lowest BCUT2D eigenvalue weighted by molar-refractivity contribution is -0.114. The first-order valence-corrected chi connectivity index (χ1v) is 6.09. The van der Waals surface area contributed by atoms with Crippen LogP contribution in [0.3, 0.4) is 0 Å². The van der Waals surface area contributed by atoms with Crippen molar-refractivity contribution >= 4 is 23.0 Å². The summed E-state index contributed by atoms with van der Waals surface area (Å²) in [6.07, 6.45) is 3.72. The van der Waals surface area contributed by atoms with Crippen LogP contribution >= 0.6 is 0 Å². The zero-order valence-electron chi connectivity index (χ0n) is 10.2. The number of nitrogen functional groups attached to an aromatic ring is 1. The Morgan fingerprint density at radius 3 is 2.65 bits per heavy atom. The fraction of sp³-hybridized carbons (Fsp3) is 0.462. The number of rotatable bonds is 2. The molecule has 4 nitrogen and oxygen atoms in total. The van der Waals surface area contributed by atoms with Crippen LogP contribution in [0.1, 0.15) is 26.2 Å². The third-order valence-electron chi connectivity index (χ3n) is 3.05. The number of nitrogens with zero attached hydrogens (tertiary/aromatic N) is 1. The van der Waals surface area contributed by atoms with Crippen LogP contribution in [-0.4, -0.2) is 19.0 Å². The molecule has 0 radical (unpaired) electrons. The molecule has 1 aliphatic rings. The van der Waals surface area contributed by atoms with E-state index in [0.29, 0.717) is 0 Å². The zero-order valence-corrected chi connectivity index (χ0v) is 10.2. The van der Waals surface area contributed by atoms with Crippen molar-refractivity contribution in [2.45, 2.75) is 26.2 Å². The molecule has 1 fully saturated rings. The molecule has 92 valence electrons. The fourth-order valence-corrected chi connectivity index (χ4v) is 2.23. The molecule has 0 aromatic heterocycles. The molecule has 1 aromatic rings. The van der Waals surface area contributed by atoms with Crippen LogP contribution in [0, 0.1) is 0 Å². The van der Waals surface area contributed by atoms with Crippen LogP contribution in [0.25, 0.3) is 0 Å². The highest BCUT2D eigenvalue weighted by atomic mass is 16.1. The average molecular weight is 233 g/mol. The van der Waals surface area contributed by atoms with Gasteiger partial charge in [-0.2, -0.15) is 0 Å². The number of anilines is 3. The SMILES string of the molecule is CC(=O)Nc1ccc(N)c(N2CCCCC2)c1. The first-order chi connectivity index (χ1) is 8.16. The summed E-state index contributed by atoms with van der Waals surface area (Å²) in [4.78, 5) is 13.3. The number of nitrogens with two attached hydrogens (primary N) is 1. The summed E-state index contributed by atoms with van der Waals surface area (Å²) in [5.74, 6) is -0.0561. The predicted molar refractivity (Wildman–Crippen MR) is 71.2 cm³/mol. The van der Waals surface area contributed by atoms with Crippen molar-refractivity contribution in [2.75, 3.05) is 29.0 Å². The van der Waals surface area contributed by atoms with Crippen molar-refractivity contribution in [3.05, 3.63) is 18.2 Å². The summed E-state index contributed by atoms with van der Waals surface area (Å²) in [6, 6.07) is 5.65. The Hall–Kier alpha value is -1.71. The Morgan fingerprint density at radius 1 is 1.29 bits per heavy atom. The number of benzene rings is 1. The van der Waals surface area contributed by atoms with Crippen molar-refractivity contribution in [1.82, 2.24) is 0 Å². The highest BCUT2D eigenvalue weighted by Crippen LogP contribution is 2.29. The van der Waals surface area contributed by atoms with Gasteiger partial charge in [0.2, 0.25) is 5.91 Å². The fourth-order valence-electron chi connectivity index (χ4n) is 2.23. The van der Waals surface area contributed by atoms with Gasteiger partial charge in [-0.1, -0.05) is 0 Å². The van der Waals surface area contributed by atoms with Crippen LogP contribution in [0.4, 0.5) is 17.1 Å². The predicted octanol–water partition coefficient (Wildman–Crippen LogP) is 2.22. The molecule has 0 aliphatic carbocycles. The van der Waals surface area contributed by atoms with E-state index < -0.39 is 0 Å². The normalized spacial score (nSPS) is 15.7. The highest BCUT2D eigenvalue weighted by molar-refractivity contribution is 5.90. The van der Waals surface area contributed by atoms with Gasteiger partial charge in [-0.15, -0.1) is 0 Å². The van der Waals surface area contributed by atoms with Crippen molar-refractivity contribution < 1.29 is 4.79 Å². The van der Waals surface area contributed by atoms with Gasteiger partial charge >= 0.3 is 0 Å². The Kier molecular flexibility index (Phi) is 3.52. The van der Waals surface area contributed by atoms with Crippen molar-refractivity contribution in [3.63, 3.8) is 0 Å². The van der Waals surface area contributed by atoms with E-state index in [1.807, 2.05) is 18.2 Å². The second kappa shape index (κ2) is 5.08. The number of piperidine rings is 1. The average Bonchev–Trinajstić information content (AvgIpc) is 2.32. The number of carbonyl (C=O) groups is 1. The third-order valence-corrected chi connectivity index (χ3v) is 3.05. The molecule has 4 heteroatoms. The van der Waals surface area contributed by atoms with Crippen LogP contribution in [0.15, 0.2) is 18.2 Å². The van der Waals surface area contributed by atoms with Crippen LogP contribution < -0.4 is 16.0 Å². The summed E-state index contributed by atoms with van der Waals surface area (Å²) in [5, 5.41) is 2.79. The lowest BCUT2D eigenvalue weighted by Crippen LogP contribution is -2.30. The van der Waals surface area contributed by atoms with Crippen LogP contribution in [0.5, 0.6) is 0 Å². The van der Waals surface area contributed by atoms with E-state index in [9.17, 15) is 4.79 Å². The molecule has 1 aromatic carbocycles. The molecule has 3 N–H and O–H groups in total. The minimum absolute atomic E-state index is 0.0561. The van der Waals surface area contributed by atoms with Crippen molar-refractivity contribution in [1.29, 1.82) is 0 Å². The maximum absolute atomic E-state index is 11.0. The Bertz CT molecular complexity index is 411. The molecule has 1 aliphatic heterocycles. The minimum Gasteiger partial charge on any atom is -0.397 e. The van der Waals surface area contributed by atoms with Gasteiger partial charge in [0.05, 0.1) is 11.4 Å². The number of amides is 1. The molecule has 1 heterocycles. The van der Waals surface area contributed by atoms with Gasteiger partial charge in [0.1, 0.15) is 0 Å². The highest BCUT2D eigenvalue weighted by Gasteiger charge is 2.14. The van der Waals surface area contributed by atoms with Gasteiger partial charge in [0, 0.05) is 25.7 Å². The number of hydrogen-bond donors (Lipinski definition) is 2. The molecule has 0 atom stereocenters. The van der Waals surface area contributed by atoms with Crippen LogP contribution in [-0.2, 0) is 4.79 Å². The van der Waals surface area contributed by atoms with Gasteiger partial charge in [-0.05, 0) is 37.5 Å². The van der Waals surface area contributed by atoms with Gasteiger partial charge < -0.3 is 16.0 Å². The number of nitrogens with one attached hydrogen (secondary N) is 1. The second-order valence-corrected chi connectivity index (χ2v) is 4.50. The first kappa shape index (κ1) is 11.8. The minimum atomic E-state index is -0.0561. The van der Waals surface area contributed by atoms with E-state index in [-0.39, 0.29) is 5.91 Å². The Labute approximate surface area is 102 Å². The summed E-state index contributed by atoms with van der Waals surface area (Å²) < 4.78 is 0. The number of hydrogen-bond acceptors (Lipinski definition) is 3. The monoisotopic (exact) mass is 233 g/mol. The largest absolute Gasteiger partial charge is 0.397 e. The molecule has 0 unspecified atom stereocenters. The lowest BCUT2D eigenvalue weighted by atomic mass is 10.1. The summed E-state index contributed by atoms with van der Waals surface area (Å²) in [5.41, 5.74) is 8.63. The molecular weight excluding hydrogens is 214 g/mol. The van der Waals surface area contributed by atoms with E-state index in [1.165, 1.54) is 26.2 Å². The standard InChI is InChI=1S/C13H19N3O/c1-10(17)15-11-5-6-12(14)13(9-11)16-7-3-2-4-8-16/h5-6,9H,2-4,7-8,14H2,1H3,(H,15,17). The van der Waals surface area contributed by atoms with Gasteiger partial charge in [-0.25, -0.2) is 0 Å². The van der Waals surface area contributed by atoms with Gasteiger partial charge in [-0.3, -0.25) is 4.79 Å². The first-order valence-electron chi connectivity index (χ1n) is 6.09. The second-order valence-electron chi connectivity index (χ2n) is 4.50. The van der Waals surface area contributed by atoms with Crippen LogP contribution in [0.2, 0.25) is 0 Å². The topological polar surface area (TPSA) is 58.4 Å². The van der Waals surface area contributed by atoms with E-state index in [1.54, 1.807) is 0 Å². The van der Waals surface area contributed by atoms with E-state index in [2.05, 4.69) is 10.2 Å². The molecule has 1 amide bonds. The van der Waals surface area contributed by atoms with Gasteiger partial charge in [0.25, 0.3) is 0 Å². The molecule has 0 spiro atoms. The summed E-state index contributed by atoms with van der Waals surface area (Å²) in [6.45, 7) is 3.61. The molecular formula is C13H19N3O. The molecule has 0 saturated carbocycles. The van der Waals surface area contributed by atoms with E-state index in [0.717, 1.165) is 30.2 Å². The zero-order chi connectivity index (χ0) is 12.3. The van der Waals surface area contributed by atoms with E-state index in [4.69, 9.17) is 5.73 Å². The quantitative estimate of drug-likeness (QED) is 0.770. The third kappa shape index (κ3) is 2.90. The van der Waals surface area contributed by atoms with Crippen molar-refractivity contribution in [3.8, 4) is 0 Å². The smallest absolute Gasteiger partial charge is 0.221 e.